The number of hydrogen-bond donors (Lipinski definition) is 0. The van der Waals surface area contributed by atoms with E-state index in [4.69, 9.17) is 4.74 Å². The molecule has 2 aromatic rings. The molecule has 0 radical (unpaired) electrons. The van der Waals surface area contributed by atoms with Crippen LogP contribution in [0.4, 0.5) is 0 Å². The number of benzene rings is 1. The largest absolute Gasteiger partial charge is 0.383 e. The summed E-state index contributed by atoms with van der Waals surface area (Å²) in [4.78, 5) is 29.1. The minimum absolute atomic E-state index is 0.199. The average Bonchev–Trinajstić information content (AvgIpc) is 3.17. The third-order valence-corrected chi connectivity index (χ3v) is 7.24. The molecule has 2 aliphatic carbocycles. The fraction of sp³-hybridized carbons (Fsp3) is 0.481. The van der Waals surface area contributed by atoms with Gasteiger partial charge in [0.15, 0.2) is 11.6 Å². The van der Waals surface area contributed by atoms with Gasteiger partial charge in [0.1, 0.15) is 0 Å². The zero-order valence-electron chi connectivity index (χ0n) is 19.3. The number of aromatic nitrogens is 1. The molecule has 5 nitrogen and oxygen atoms in total. The van der Waals surface area contributed by atoms with Gasteiger partial charge in [-0.3, -0.25) is 9.59 Å². The Hall–Kier alpha value is -2.66. The van der Waals surface area contributed by atoms with E-state index in [2.05, 4.69) is 53.8 Å². The fourth-order valence-corrected chi connectivity index (χ4v) is 5.87. The average molecular weight is 433 g/mol. The maximum atomic E-state index is 13.4. The van der Waals surface area contributed by atoms with Gasteiger partial charge >= 0.3 is 0 Å². The number of fused-ring (bicyclic) bond motifs is 1. The van der Waals surface area contributed by atoms with Crippen molar-refractivity contribution in [2.75, 3.05) is 20.3 Å². The molecular weight excluding hydrogens is 400 g/mol. The molecule has 168 valence electrons. The van der Waals surface area contributed by atoms with Crippen molar-refractivity contribution in [3.8, 4) is 0 Å². The SMILES string of the molecule is COCCN1C2=C(C(=O)CCC2)C(c2cn(C(C)C)c3ccccc23)C2=C1CCCC2=O. The highest BCUT2D eigenvalue weighted by Crippen LogP contribution is 2.50. The Morgan fingerprint density at radius 1 is 0.969 bits per heavy atom. The van der Waals surface area contributed by atoms with Gasteiger partial charge in [-0.05, 0) is 51.2 Å². The molecule has 0 fully saturated rings. The van der Waals surface area contributed by atoms with E-state index in [0.717, 1.165) is 64.7 Å². The van der Waals surface area contributed by atoms with Crippen LogP contribution in [-0.2, 0) is 14.3 Å². The van der Waals surface area contributed by atoms with Crippen LogP contribution in [0, 0.1) is 0 Å². The monoisotopic (exact) mass is 432 g/mol. The van der Waals surface area contributed by atoms with E-state index < -0.39 is 0 Å². The molecule has 5 heteroatoms. The molecule has 0 saturated heterocycles. The highest BCUT2D eigenvalue weighted by molar-refractivity contribution is 6.07. The van der Waals surface area contributed by atoms with Crippen molar-refractivity contribution < 1.29 is 14.3 Å². The highest BCUT2D eigenvalue weighted by atomic mass is 16.5. The number of nitrogens with zero attached hydrogens (tertiary/aromatic N) is 2. The maximum absolute atomic E-state index is 13.4. The van der Waals surface area contributed by atoms with Crippen molar-refractivity contribution in [2.24, 2.45) is 0 Å². The van der Waals surface area contributed by atoms with Crippen LogP contribution in [0.25, 0.3) is 10.9 Å². The molecule has 32 heavy (non-hydrogen) atoms. The number of allylic oxidation sites excluding steroid dienone is 4. The molecule has 0 spiro atoms. The molecule has 0 atom stereocenters. The number of para-hydroxylation sites is 1. The highest BCUT2D eigenvalue weighted by Gasteiger charge is 2.44. The first kappa shape index (κ1) is 21.2. The van der Waals surface area contributed by atoms with Gasteiger partial charge < -0.3 is 14.2 Å². The summed E-state index contributed by atoms with van der Waals surface area (Å²) in [6, 6.07) is 8.69. The van der Waals surface area contributed by atoms with Crippen LogP contribution in [0.2, 0.25) is 0 Å². The molecule has 3 aliphatic rings. The molecule has 0 amide bonds. The molecule has 1 aromatic carbocycles. The minimum Gasteiger partial charge on any atom is -0.383 e. The van der Waals surface area contributed by atoms with Crippen LogP contribution in [0.15, 0.2) is 53.0 Å². The normalized spacial score (nSPS) is 19.9. The van der Waals surface area contributed by atoms with Gasteiger partial charge in [-0.2, -0.15) is 0 Å². The lowest BCUT2D eigenvalue weighted by Crippen LogP contribution is -2.40. The van der Waals surface area contributed by atoms with Crippen LogP contribution in [0.1, 0.15) is 69.9 Å². The lowest BCUT2D eigenvalue weighted by Gasteiger charge is -2.43. The molecule has 0 bridgehead atoms. The Balaban J connectivity index is 1.79. The van der Waals surface area contributed by atoms with Gasteiger partial charge in [-0.15, -0.1) is 0 Å². The smallest absolute Gasteiger partial charge is 0.161 e. The van der Waals surface area contributed by atoms with Crippen LogP contribution < -0.4 is 0 Å². The molecule has 0 N–H and O–H groups in total. The van der Waals surface area contributed by atoms with Crippen molar-refractivity contribution in [1.29, 1.82) is 0 Å². The summed E-state index contributed by atoms with van der Waals surface area (Å²) < 4.78 is 7.68. The van der Waals surface area contributed by atoms with Crippen molar-refractivity contribution in [2.45, 2.75) is 64.3 Å². The fourth-order valence-electron chi connectivity index (χ4n) is 5.87. The first-order valence-corrected chi connectivity index (χ1v) is 11.9. The zero-order chi connectivity index (χ0) is 22.4. The van der Waals surface area contributed by atoms with Crippen molar-refractivity contribution in [3.05, 3.63) is 58.6 Å². The molecule has 2 heterocycles. The van der Waals surface area contributed by atoms with Gasteiger partial charge in [0, 0.05) is 78.1 Å². The van der Waals surface area contributed by atoms with Gasteiger partial charge in [0.05, 0.1) is 6.61 Å². The summed E-state index contributed by atoms with van der Waals surface area (Å²) in [5, 5.41) is 1.15. The third kappa shape index (κ3) is 3.25. The van der Waals surface area contributed by atoms with E-state index in [1.165, 1.54) is 0 Å². The number of ether oxygens (including phenoxy) is 1. The molecule has 0 saturated carbocycles. The van der Waals surface area contributed by atoms with Crippen LogP contribution in [-0.4, -0.2) is 41.3 Å². The standard InChI is InChI=1S/C27H32N2O3/c1-17(2)29-16-19(18-8-4-5-9-20(18)29)25-26-21(10-6-12-23(26)30)28(14-15-32-3)22-11-7-13-24(31)27(22)25/h4-5,8-9,16-17,25H,6-7,10-15H2,1-3H3. The van der Waals surface area contributed by atoms with Crippen LogP contribution >= 0.6 is 0 Å². The van der Waals surface area contributed by atoms with E-state index in [1.54, 1.807) is 7.11 Å². The van der Waals surface area contributed by atoms with E-state index in [-0.39, 0.29) is 17.5 Å². The first-order valence-electron chi connectivity index (χ1n) is 11.9. The predicted molar refractivity (Wildman–Crippen MR) is 125 cm³/mol. The lowest BCUT2D eigenvalue weighted by molar-refractivity contribution is -0.117. The van der Waals surface area contributed by atoms with Crippen molar-refractivity contribution in [1.82, 2.24) is 9.47 Å². The summed E-state index contributed by atoms with van der Waals surface area (Å²) in [7, 11) is 1.70. The number of rotatable bonds is 5. The summed E-state index contributed by atoms with van der Waals surface area (Å²) in [5.41, 5.74) is 6.22. The number of Topliss-reactive ketones (excluding diaryl/α,β-unsaturated/α-hetero) is 2. The number of carbonyl (C=O) groups is 2. The predicted octanol–water partition coefficient (Wildman–Crippen LogP) is 5.28. The van der Waals surface area contributed by atoms with E-state index >= 15 is 0 Å². The lowest BCUT2D eigenvalue weighted by atomic mass is 9.71. The Labute approximate surface area is 189 Å². The number of methoxy groups -OCH3 is 1. The zero-order valence-corrected chi connectivity index (χ0v) is 19.3. The molecular formula is C27H32N2O3. The van der Waals surface area contributed by atoms with E-state index in [1.807, 2.05) is 0 Å². The maximum Gasteiger partial charge on any atom is 0.161 e. The Kier molecular flexibility index (Phi) is 5.54. The number of carbonyl (C=O) groups excluding carboxylic acids is 2. The number of ketones is 2. The second kappa shape index (κ2) is 8.36. The van der Waals surface area contributed by atoms with Crippen LogP contribution in [0.3, 0.4) is 0 Å². The van der Waals surface area contributed by atoms with Crippen LogP contribution in [0.5, 0.6) is 0 Å². The topological polar surface area (TPSA) is 51.5 Å². The first-order chi connectivity index (χ1) is 15.5. The van der Waals surface area contributed by atoms with Gasteiger partial charge in [-0.25, -0.2) is 0 Å². The minimum atomic E-state index is -0.260. The second-order valence-electron chi connectivity index (χ2n) is 9.45. The quantitative estimate of drug-likeness (QED) is 0.645. The summed E-state index contributed by atoms with van der Waals surface area (Å²) >= 11 is 0. The Morgan fingerprint density at radius 3 is 2.19 bits per heavy atom. The van der Waals surface area contributed by atoms with Gasteiger partial charge in [0.2, 0.25) is 0 Å². The molecule has 1 aliphatic heterocycles. The van der Waals surface area contributed by atoms with E-state index in [9.17, 15) is 9.59 Å². The summed E-state index contributed by atoms with van der Waals surface area (Å²) in [6.07, 6.45) is 6.84. The molecule has 0 unspecified atom stereocenters. The summed E-state index contributed by atoms with van der Waals surface area (Å²) in [6.45, 7) is 5.62. The van der Waals surface area contributed by atoms with Crippen molar-refractivity contribution in [3.63, 3.8) is 0 Å². The molecule has 1 aromatic heterocycles. The summed E-state index contributed by atoms with van der Waals surface area (Å²) in [5.74, 6) is 0.138. The number of hydrogen-bond acceptors (Lipinski definition) is 4. The van der Waals surface area contributed by atoms with Crippen molar-refractivity contribution >= 4 is 22.5 Å². The van der Waals surface area contributed by atoms with E-state index in [0.29, 0.717) is 32.0 Å². The van der Waals surface area contributed by atoms with Gasteiger partial charge in [-0.1, -0.05) is 18.2 Å². The third-order valence-electron chi connectivity index (χ3n) is 7.24. The molecule has 5 rings (SSSR count). The second-order valence-corrected chi connectivity index (χ2v) is 9.45. The Bertz CT molecular complexity index is 1110. The van der Waals surface area contributed by atoms with Gasteiger partial charge in [0.25, 0.3) is 0 Å². The Morgan fingerprint density at radius 2 is 1.59 bits per heavy atom.